The number of thioether (sulfide) groups is 1. The number of halogens is 1. The average Bonchev–Trinajstić information content (AvgIpc) is 2.57. The lowest BCUT2D eigenvalue weighted by Gasteiger charge is -2.17. The van der Waals surface area contributed by atoms with E-state index in [1.165, 1.54) is 16.0 Å². The summed E-state index contributed by atoms with van der Waals surface area (Å²) in [6.45, 7) is 2.09. The smallest absolute Gasteiger partial charge is 0.244 e. The third kappa shape index (κ3) is 6.55. The van der Waals surface area contributed by atoms with E-state index >= 15 is 0 Å². The largest absolute Gasteiger partial charge is 0.336 e. The van der Waals surface area contributed by atoms with Crippen LogP contribution in [0.15, 0.2) is 53.0 Å². The first-order valence-corrected chi connectivity index (χ1v) is 9.82. The van der Waals surface area contributed by atoms with Crippen molar-refractivity contribution < 1.29 is 9.59 Å². The third-order valence-corrected chi connectivity index (χ3v) is 5.21. The van der Waals surface area contributed by atoms with Gasteiger partial charge in [-0.05, 0) is 40.5 Å². The van der Waals surface area contributed by atoms with Crippen LogP contribution in [-0.4, -0.2) is 36.1 Å². The molecule has 132 valence electrons. The Bertz CT molecular complexity index is 752. The highest BCUT2D eigenvalue weighted by atomic mass is 79.9. The number of likely N-dealkylation sites (N-methyl/N-ethyl adjacent to an activating group) is 1. The van der Waals surface area contributed by atoms with E-state index in [0.717, 1.165) is 10.2 Å². The number of hydrogen-bond donors (Lipinski definition) is 1. The number of hydrogen-bond acceptors (Lipinski definition) is 3. The number of para-hydroxylation sites is 1. The summed E-state index contributed by atoms with van der Waals surface area (Å²) in [5, 5.41) is 2.80. The highest BCUT2D eigenvalue weighted by Crippen LogP contribution is 2.21. The number of rotatable bonds is 7. The summed E-state index contributed by atoms with van der Waals surface area (Å²) in [4.78, 5) is 25.7. The molecule has 0 saturated carbocycles. The second-order valence-electron chi connectivity index (χ2n) is 5.76. The van der Waals surface area contributed by atoms with Gasteiger partial charge in [0.2, 0.25) is 11.8 Å². The Kier molecular flexibility index (Phi) is 7.52. The molecule has 4 nitrogen and oxygen atoms in total. The lowest BCUT2D eigenvalue weighted by Crippen LogP contribution is -2.36. The van der Waals surface area contributed by atoms with Crippen molar-refractivity contribution in [2.45, 2.75) is 12.7 Å². The Morgan fingerprint density at radius 3 is 2.64 bits per heavy atom. The predicted molar refractivity (Wildman–Crippen MR) is 108 cm³/mol. The second-order valence-corrected chi connectivity index (χ2v) is 7.60. The number of carbonyl (C=O) groups excluding carboxylic acids is 2. The number of nitrogens with zero attached hydrogens (tertiary/aromatic N) is 1. The van der Waals surface area contributed by atoms with E-state index < -0.39 is 0 Å². The van der Waals surface area contributed by atoms with Gasteiger partial charge in [0.15, 0.2) is 0 Å². The molecule has 25 heavy (non-hydrogen) atoms. The van der Waals surface area contributed by atoms with Crippen LogP contribution in [0.1, 0.15) is 11.1 Å². The fourth-order valence-electron chi connectivity index (χ4n) is 2.22. The molecule has 0 radical (unpaired) electrons. The van der Waals surface area contributed by atoms with Crippen molar-refractivity contribution in [2.75, 3.05) is 24.7 Å². The lowest BCUT2D eigenvalue weighted by molar-refractivity contribution is -0.131. The van der Waals surface area contributed by atoms with Gasteiger partial charge in [-0.2, -0.15) is 0 Å². The van der Waals surface area contributed by atoms with Crippen molar-refractivity contribution in [3.8, 4) is 0 Å². The summed E-state index contributed by atoms with van der Waals surface area (Å²) in [7, 11) is 1.65. The molecular weight excluding hydrogens is 400 g/mol. The van der Waals surface area contributed by atoms with Crippen LogP contribution in [-0.2, 0) is 15.3 Å². The van der Waals surface area contributed by atoms with Gasteiger partial charge in [0.05, 0.1) is 18.0 Å². The van der Waals surface area contributed by atoms with Crippen LogP contribution in [0.2, 0.25) is 0 Å². The normalized spacial score (nSPS) is 10.4. The van der Waals surface area contributed by atoms with Crippen LogP contribution >= 0.6 is 27.7 Å². The summed E-state index contributed by atoms with van der Waals surface area (Å²) in [5.41, 5.74) is 3.11. The Balaban J connectivity index is 1.76. The van der Waals surface area contributed by atoms with Gasteiger partial charge in [0.25, 0.3) is 0 Å². The van der Waals surface area contributed by atoms with E-state index in [0.29, 0.717) is 11.4 Å². The maximum Gasteiger partial charge on any atom is 0.244 e. The summed E-state index contributed by atoms with van der Waals surface area (Å²) in [6.07, 6.45) is 0. The minimum absolute atomic E-state index is 0.0329. The minimum Gasteiger partial charge on any atom is -0.336 e. The summed E-state index contributed by atoms with van der Waals surface area (Å²) >= 11 is 4.94. The van der Waals surface area contributed by atoms with Gasteiger partial charge in [0, 0.05) is 17.3 Å². The topological polar surface area (TPSA) is 49.4 Å². The number of aryl methyl sites for hydroxylation is 1. The molecule has 0 aliphatic heterocycles. The zero-order valence-corrected chi connectivity index (χ0v) is 16.7. The first-order chi connectivity index (χ1) is 12.0. The van der Waals surface area contributed by atoms with Gasteiger partial charge < -0.3 is 10.2 Å². The zero-order valence-electron chi connectivity index (χ0n) is 14.3. The molecule has 1 N–H and O–H groups in total. The third-order valence-electron chi connectivity index (χ3n) is 3.53. The molecule has 0 spiro atoms. The fourth-order valence-corrected chi connectivity index (χ4v) is 3.52. The molecule has 0 atom stereocenters. The monoisotopic (exact) mass is 420 g/mol. The maximum atomic E-state index is 12.2. The van der Waals surface area contributed by atoms with Gasteiger partial charge >= 0.3 is 0 Å². The number of benzene rings is 2. The Morgan fingerprint density at radius 2 is 1.92 bits per heavy atom. The Labute approximate surface area is 161 Å². The highest BCUT2D eigenvalue weighted by Gasteiger charge is 2.13. The molecule has 0 aliphatic carbocycles. The molecule has 0 aromatic heterocycles. The molecule has 2 aromatic rings. The highest BCUT2D eigenvalue weighted by molar-refractivity contribution is 9.10. The van der Waals surface area contributed by atoms with E-state index in [-0.39, 0.29) is 18.4 Å². The maximum absolute atomic E-state index is 12.2. The van der Waals surface area contributed by atoms with E-state index in [4.69, 9.17) is 0 Å². The van der Waals surface area contributed by atoms with E-state index in [1.54, 1.807) is 18.8 Å². The van der Waals surface area contributed by atoms with Gasteiger partial charge in [-0.1, -0.05) is 42.0 Å². The standard InChI is InChI=1S/C19H21BrN2O2S/c1-14-6-5-7-15(10-14)12-25-13-19(24)22(2)11-18(23)21-17-9-4-3-8-16(17)20/h3-10H,11-13H2,1-2H3,(H,21,23). The zero-order chi connectivity index (χ0) is 18.2. The van der Waals surface area contributed by atoms with Gasteiger partial charge in [0.1, 0.15) is 0 Å². The van der Waals surface area contributed by atoms with Crippen LogP contribution in [0, 0.1) is 6.92 Å². The number of carbonyl (C=O) groups is 2. The summed E-state index contributed by atoms with van der Waals surface area (Å²) < 4.78 is 0.811. The quantitative estimate of drug-likeness (QED) is 0.733. The molecule has 0 saturated heterocycles. The summed E-state index contributed by atoms with van der Waals surface area (Å²) in [5.74, 6) is 0.864. The van der Waals surface area contributed by atoms with Crippen LogP contribution < -0.4 is 5.32 Å². The van der Waals surface area contributed by atoms with E-state index in [9.17, 15) is 9.59 Å². The first kappa shape index (κ1) is 19.5. The van der Waals surface area contributed by atoms with Crippen molar-refractivity contribution in [3.63, 3.8) is 0 Å². The van der Waals surface area contributed by atoms with E-state index in [1.807, 2.05) is 30.3 Å². The van der Waals surface area contributed by atoms with Crippen LogP contribution in [0.3, 0.4) is 0 Å². The molecule has 2 aromatic carbocycles. The second kappa shape index (κ2) is 9.63. The first-order valence-electron chi connectivity index (χ1n) is 7.87. The molecule has 0 heterocycles. The Morgan fingerprint density at radius 1 is 1.16 bits per heavy atom. The minimum atomic E-state index is -0.216. The van der Waals surface area contributed by atoms with Crippen molar-refractivity contribution in [1.29, 1.82) is 0 Å². The molecular formula is C19H21BrN2O2S. The number of anilines is 1. The lowest BCUT2D eigenvalue weighted by atomic mass is 10.2. The van der Waals surface area contributed by atoms with Gasteiger partial charge in [-0.3, -0.25) is 9.59 Å². The van der Waals surface area contributed by atoms with Crippen LogP contribution in [0.5, 0.6) is 0 Å². The molecule has 2 rings (SSSR count). The average molecular weight is 421 g/mol. The van der Waals surface area contributed by atoms with Crippen molar-refractivity contribution in [1.82, 2.24) is 4.90 Å². The molecule has 0 unspecified atom stereocenters. The molecule has 0 fully saturated rings. The number of amides is 2. The molecule has 6 heteroatoms. The van der Waals surface area contributed by atoms with Gasteiger partial charge in [-0.25, -0.2) is 0 Å². The molecule has 2 amide bonds. The van der Waals surface area contributed by atoms with Crippen LogP contribution in [0.4, 0.5) is 5.69 Å². The number of nitrogens with one attached hydrogen (secondary N) is 1. The predicted octanol–water partition coefficient (Wildman–Crippen LogP) is 4.09. The Hall–Kier alpha value is -1.79. The van der Waals surface area contributed by atoms with Crippen molar-refractivity contribution in [3.05, 3.63) is 64.1 Å². The SMILES string of the molecule is Cc1cccc(CSCC(=O)N(C)CC(=O)Nc2ccccc2Br)c1. The van der Waals surface area contributed by atoms with Gasteiger partial charge in [-0.15, -0.1) is 11.8 Å². The van der Waals surface area contributed by atoms with Crippen LogP contribution in [0.25, 0.3) is 0 Å². The van der Waals surface area contributed by atoms with E-state index in [2.05, 4.69) is 46.4 Å². The fraction of sp³-hybridized carbons (Fsp3) is 0.263. The van der Waals surface area contributed by atoms with Crippen molar-refractivity contribution in [2.24, 2.45) is 0 Å². The molecule has 0 aliphatic rings. The summed E-state index contributed by atoms with van der Waals surface area (Å²) in [6, 6.07) is 15.6. The molecule has 0 bridgehead atoms. The van der Waals surface area contributed by atoms with Crippen molar-refractivity contribution >= 4 is 45.2 Å².